The van der Waals surface area contributed by atoms with Gasteiger partial charge in [0.05, 0.1) is 0 Å². The topological polar surface area (TPSA) is 55.4 Å². The summed E-state index contributed by atoms with van der Waals surface area (Å²) >= 11 is -2.60. The van der Waals surface area contributed by atoms with Gasteiger partial charge in [0.15, 0.2) is 0 Å². The van der Waals surface area contributed by atoms with Crippen molar-refractivity contribution in [3.63, 3.8) is 0 Å². The summed E-state index contributed by atoms with van der Waals surface area (Å²) in [6, 6.07) is 0. The molecule has 0 rings (SSSR count). The van der Waals surface area contributed by atoms with Crippen molar-refractivity contribution in [2.45, 2.75) is 64.3 Å². The fourth-order valence-corrected chi connectivity index (χ4v) is 53.0. The van der Waals surface area contributed by atoms with Crippen LogP contribution in [-0.2, 0) is 26.6 Å². The van der Waals surface area contributed by atoms with Crippen molar-refractivity contribution in [3.8, 4) is 0 Å². The van der Waals surface area contributed by atoms with Crippen molar-refractivity contribution < 1.29 is 26.6 Å². The third-order valence-corrected chi connectivity index (χ3v) is 48.8. The van der Waals surface area contributed by atoms with Gasteiger partial charge in [-0.3, -0.25) is 0 Å². The van der Waals surface area contributed by atoms with Gasteiger partial charge in [0.25, 0.3) is 0 Å². The molecule has 29 heavy (non-hydrogen) atoms. The molecule has 0 aromatic carbocycles. The second kappa shape index (κ2) is 17.2. The van der Waals surface area contributed by atoms with E-state index in [2.05, 4.69) is 31.7 Å². The molecule has 11 heteroatoms. The van der Waals surface area contributed by atoms with Crippen LogP contribution in [0.25, 0.3) is 0 Å². The molecule has 6 nitrogen and oxygen atoms in total. The molecule has 0 saturated heterocycles. The Bertz CT molecular complexity index is 343. The maximum atomic E-state index is 6.09. The van der Waals surface area contributed by atoms with Gasteiger partial charge in [-0.25, -0.2) is 0 Å². The zero-order valence-corrected chi connectivity index (χ0v) is 26.3. The molecule has 0 N–H and O–H groups in total. The van der Waals surface area contributed by atoms with Gasteiger partial charge in [0, 0.05) is 0 Å². The van der Waals surface area contributed by atoms with Crippen LogP contribution in [0.15, 0.2) is 0 Å². The van der Waals surface area contributed by atoms with Crippen molar-refractivity contribution >= 4 is 51.1 Å². The Balaban J connectivity index is 5.40. The van der Waals surface area contributed by atoms with E-state index >= 15 is 0 Å². The second-order valence-electron chi connectivity index (χ2n) is 6.16. The Morgan fingerprint density at radius 1 is 0.483 bits per heavy atom. The molecule has 0 aromatic heterocycles. The monoisotopic (exact) mass is 596 g/mol. The molecule has 0 amide bonds. The van der Waals surface area contributed by atoms with E-state index in [0.29, 0.717) is 39.6 Å². The van der Waals surface area contributed by atoms with Crippen molar-refractivity contribution in [2.24, 2.45) is 0 Å². The molecule has 0 aliphatic rings. The van der Waals surface area contributed by atoms with Gasteiger partial charge in [-0.2, -0.15) is 0 Å². The van der Waals surface area contributed by atoms with Crippen molar-refractivity contribution in [1.29, 1.82) is 0 Å². The SMILES string of the molecule is CCO[Si](C[S][Sn]([CH2]C)([CH2]C)[S]C[Si](OCC)(OCC)OCC)(OCC)OCC. The maximum absolute atomic E-state index is 6.09. The van der Waals surface area contributed by atoms with Crippen LogP contribution < -0.4 is 0 Å². The van der Waals surface area contributed by atoms with E-state index in [1.54, 1.807) is 0 Å². The fraction of sp³-hybridized carbons (Fsp3) is 1.00. The summed E-state index contributed by atoms with van der Waals surface area (Å²) in [5.74, 6) is 0. The average molecular weight is 596 g/mol. The first-order valence-corrected chi connectivity index (χ1v) is 27.9. The van der Waals surface area contributed by atoms with Crippen LogP contribution in [0.5, 0.6) is 0 Å². The summed E-state index contributed by atoms with van der Waals surface area (Å²) in [4.78, 5) is 0. The first-order valence-electron chi connectivity index (χ1n) is 11.0. The molecule has 0 radical (unpaired) electrons. The Morgan fingerprint density at radius 2 is 0.724 bits per heavy atom. The van der Waals surface area contributed by atoms with Crippen LogP contribution in [-0.4, -0.2) is 83.6 Å². The van der Waals surface area contributed by atoms with Crippen molar-refractivity contribution in [3.05, 3.63) is 0 Å². The molecule has 0 bridgehead atoms. The Kier molecular flexibility index (Phi) is 18.2. The molecule has 176 valence electrons. The van der Waals surface area contributed by atoms with Crippen molar-refractivity contribution in [2.75, 3.05) is 50.4 Å². The number of rotatable bonds is 20. The fourth-order valence-electron chi connectivity index (χ4n) is 2.96. The Morgan fingerprint density at radius 3 is 0.897 bits per heavy atom. The van der Waals surface area contributed by atoms with Crippen LogP contribution >= 0.6 is 17.9 Å². The van der Waals surface area contributed by atoms with Gasteiger partial charge in [0.2, 0.25) is 0 Å². The summed E-state index contributed by atoms with van der Waals surface area (Å²) in [6.45, 7) is 20.5. The van der Waals surface area contributed by atoms with Gasteiger partial charge in [0.1, 0.15) is 0 Å². The Hall–Kier alpha value is 1.69. The van der Waals surface area contributed by atoms with Gasteiger partial charge in [-0.1, -0.05) is 0 Å². The van der Waals surface area contributed by atoms with E-state index < -0.39 is 33.2 Å². The van der Waals surface area contributed by atoms with Gasteiger partial charge in [-0.15, -0.1) is 0 Å². The minimum absolute atomic E-state index is 0.621. The molecule has 0 aromatic rings. The predicted molar refractivity (Wildman–Crippen MR) is 133 cm³/mol. The van der Waals surface area contributed by atoms with E-state index in [9.17, 15) is 0 Å². The molecular weight excluding hydrogens is 551 g/mol. The van der Waals surface area contributed by atoms with Crippen LogP contribution in [0.1, 0.15) is 55.4 Å². The number of hydrogen-bond donors (Lipinski definition) is 0. The molecular formula is C18H44O6S2Si2Sn. The first-order chi connectivity index (χ1) is 13.9. The van der Waals surface area contributed by atoms with E-state index in [0.717, 1.165) is 10.8 Å². The van der Waals surface area contributed by atoms with Crippen LogP contribution in [0, 0.1) is 0 Å². The molecule has 0 spiro atoms. The summed E-state index contributed by atoms with van der Waals surface area (Å²) in [7, 11) is -1.07. The molecule has 0 unspecified atom stereocenters. The molecule has 0 atom stereocenters. The summed E-state index contributed by atoms with van der Waals surface area (Å²) < 4.78 is 39.0. The Labute approximate surface area is 191 Å². The van der Waals surface area contributed by atoms with Crippen LogP contribution in [0.4, 0.5) is 0 Å². The van der Waals surface area contributed by atoms with E-state index in [4.69, 9.17) is 26.6 Å². The quantitative estimate of drug-likeness (QED) is 0.180. The zero-order chi connectivity index (χ0) is 22.2. The predicted octanol–water partition coefficient (Wildman–Crippen LogP) is 5.11. The molecule has 0 fully saturated rings. The van der Waals surface area contributed by atoms with Gasteiger partial charge >= 0.3 is 192 Å². The van der Waals surface area contributed by atoms with Gasteiger partial charge < -0.3 is 0 Å². The third-order valence-electron chi connectivity index (χ3n) is 4.29. The molecule has 0 aliphatic heterocycles. The van der Waals surface area contributed by atoms with Crippen molar-refractivity contribution in [1.82, 2.24) is 0 Å². The van der Waals surface area contributed by atoms with Crippen LogP contribution in [0.2, 0.25) is 8.87 Å². The minimum atomic E-state index is -2.64. The van der Waals surface area contributed by atoms with E-state index in [-0.39, 0.29) is 0 Å². The zero-order valence-electron chi connectivity index (χ0n) is 19.8. The second-order valence-corrected chi connectivity index (χ2v) is 39.9. The standard InChI is InChI=1S/2C7H18O3SSi.2C2H5.Sn/c2*1-4-8-12(7-11,9-5-2)10-6-3;2*1-2;/h2*11H,4-7H2,1-3H3;2*1H2,2H3;/q;;;;+2/p-2. The normalized spacial score (nSPS) is 13.2. The first kappa shape index (κ1) is 30.7. The summed E-state index contributed by atoms with van der Waals surface area (Å²) in [5.41, 5.74) is 0. The molecule has 0 saturated carbocycles. The summed E-state index contributed by atoms with van der Waals surface area (Å²) in [6.07, 6.45) is 0. The average Bonchev–Trinajstić information content (AvgIpc) is 2.70. The molecule has 0 heterocycles. The van der Waals surface area contributed by atoms with E-state index in [1.807, 2.05) is 41.5 Å². The molecule has 0 aliphatic carbocycles. The summed E-state index contributed by atoms with van der Waals surface area (Å²) in [5, 5.41) is 1.67. The van der Waals surface area contributed by atoms with Gasteiger partial charge in [-0.05, 0) is 0 Å². The third kappa shape index (κ3) is 10.9. The van der Waals surface area contributed by atoms with Crippen LogP contribution in [0.3, 0.4) is 0 Å². The van der Waals surface area contributed by atoms with E-state index in [1.165, 1.54) is 8.87 Å². The number of hydrogen-bond acceptors (Lipinski definition) is 8.